The first-order valence-electron chi connectivity index (χ1n) is 5.45. The Morgan fingerprint density at radius 3 is 2.24 bits per heavy atom. The zero-order chi connectivity index (χ0) is 13.3. The van der Waals surface area contributed by atoms with Gasteiger partial charge in [-0.15, -0.1) is 0 Å². The summed E-state index contributed by atoms with van der Waals surface area (Å²) in [5, 5.41) is 7.42. The van der Waals surface area contributed by atoms with E-state index in [1.165, 1.54) is 2.81 Å². The van der Waals surface area contributed by atoms with Crippen LogP contribution >= 0.6 is 0 Å². The van der Waals surface area contributed by atoms with Gasteiger partial charge in [0.25, 0.3) is 5.97 Å². The molecule has 1 aromatic carbocycles. The van der Waals surface area contributed by atoms with Crippen molar-refractivity contribution < 1.29 is 14.6 Å². The Labute approximate surface area is 120 Å². The monoisotopic (exact) mass is 247 g/mol. The molecule has 4 nitrogen and oxygen atoms in total. The second kappa shape index (κ2) is 9.48. The minimum absolute atomic E-state index is 0.757. The standard InChI is InChI=1S/C10H14NO.C2H4O2.Na/c1-11(2)8-9-12-10-6-4-3-5-7-10;1-2(3)4;/h4-7H,8-9H2,1-2H3;1H3,(H,3,4);. The van der Waals surface area contributed by atoms with Crippen LogP contribution in [0.25, 0.3) is 0 Å². The Balaban J connectivity index is 0.000000557. The van der Waals surface area contributed by atoms with Crippen molar-refractivity contribution in [3.63, 3.8) is 0 Å². The van der Waals surface area contributed by atoms with Gasteiger partial charge in [-0.25, -0.2) is 0 Å². The van der Waals surface area contributed by atoms with Crippen LogP contribution in [0.15, 0.2) is 24.3 Å². The fourth-order valence-electron chi connectivity index (χ4n) is 0.981. The number of hydrogen-bond acceptors (Lipinski definition) is 3. The average Bonchev–Trinajstić information content (AvgIpc) is 2.19. The van der Waals surface area contributed by atoms with Gasteiger partial charge in [-0.1, -0.05) is 0 Å². The Morgan fingerprint density at radius 2 is 1.82 bits per heavy atom. The molecule has 5 heteroatoms. The number of hydrogen-bond donors (Lipinski definition) is 1. The van der Waals surface area contributed by atoms with Crippen molar-refractivity contribution >= 4 is 36.7 Å². The van der Waals surface area contributed by atoms with Gasteiger partial charge in [-0.05, 0) is 0 Å². The van der Waals surface area contributed by atoms with Crippen molar-refractivity contribution in [1.29, 1.82) is 0 Å². The first kappa shape index (κ1) is 16.4. The third-order valence-electron chi connectivity index (χ3n) is 1.83. The minimum atomic E-state index is -0.833. The molecule has 0 unspecified atom stereocenters. The zero-order valence-electron chi connectivity index (χ0n) is 10.9. The van der Waals surface area contributed by atoms with Crippen molar-refractivity contribution in [3.8, 4) is 5.75 Å². The number of carboxylic acids is 1. The van der Waals surface area contributed by atoms with Crippen LogP contribution < -0.4 is 7.55 Å². The van der Waals surface area contributed by atoms with E-state index in [1.807, 2.05) is 26.2 Å². The van der Waals surface area contributed by atoms with Crippen LogP contribution in [0.1, 0.15) is 6.92 Å². The second-order valence-electron chi connectivity index (χ2n) is 3.98. The Morgan fingerprint density at radius 1 is 1.35 bits per heavy atom. The van der Waals surface area contributed by atoms with Crippen molar-refractivity contribution in [3.05, 3.63) is 24.3 Å². The summed E-state index contributed by atoms with van der Waals surface area (Å²) in [4.78, 5) is 11.1. The summed E-state index contributed by atoms with van der Waals surface area (Å²) in [6.45, 7) is 2.80. The summed E-state index contributed by atoms with van der Waals surface area (Å²) in [6, 6.07) is 8.32. The van der Waals surface area contributed by atoms with Crippen LogP contribution in [0.2, 0.25) is 0 Å². The van der Waals surface area contributed by atoms with E-state index in [9.17, 15) is 0 Å². The summed E-state index contributed by atoms with van der Waals surface area (Å²) < 4.78 is 6.95. The number of carbonyl (C=O) groups is 1. The summed E-state index contributed by atoms with van der Waals surface area (Å²) in [5.41, 5.74) is 0. The quantitative estimate of drug-likeness (QED) is 0.788. The molecule has 0 saturated heterocycles. The summed E-state index contributed by atoms with van der Waals surface area (Å²) >= 11 is 1.11. The Kier molecular flexibility index (Phi) is 9.17. The van der Waals surface area contributed by atoms with E-state index in [-0.39, 0.29) is 0 Å². The van der Waals surface area contributed by atoms with Crippen molar-refractivity contribution in [2.24, 2.45) is 0 Å². The number of ether oxygens (including phenoxy) is 1. The van der Waals surface area contributed by atoms with E-state index in [0.29, 0.717) is 0 Å². The van der Waals surface area contributed by atoms with Crippen LogP contribution in [0.4, 0.5) is 0 Å². The predicted molar refractivity (Wildman–Crippen MR) is 69.2 cm³/mol. The fraction of sp³-hybridized carbons (Fsp3) is 0.417. The molecule has 0 amide bonds. The number of rotatable bonds is 4. The second-order valence-corrected chi connectivity index (χ2v) is 5.14. The van der Waals surface area contributed by atoms with Crippen LogP contribution in [0.3, 0.4) is 0 Å². The number of nitrogens with zero attached hydrogens (tertiary/aromatic N) is 1. The van der Waals surface area contributed by atoms with Gasteiger partial charge in [0.2, 0.25) is 0 Å². The van der Waals surface area contributed by atoms with Crippen LogP contribution in [-0.2, 0) is 4.79 Å². The van der Waals surface area contributed by atoms with Crippen LogP contribution in [-0.4, -0.2) is 71.2 Å². The molecule has 0 heterocycles. The van der Waals surface area contributed by atoms with Gasteiger partial charge in [-0.2, -0.15) is 0 Å². The molecule has 0 atom stereocenters. The summed E-state index contributed by atoms with van der Waals surface area (Å²) in [6.07, 6.45) is 0. The molecule has 0 aliphatic carbocycles. The summed E-state index contributed by atoms with van der Waals surface area (Å²) in [5.74, 6) is 0.140. The van der Waals surface area contributed by atoms with Crippen LogP contribution in [0.5, 0.6) is 5.75 Å². The SMILES string of the molecule is CC(=O)O.CN(C)CCOc1cc[c]([Na])cc1. The normalized spacial score (nSPS) is 9.53. The molecular formula is C12H18NNaO3. The van der Waals surface area contributed by atoms with Crippen molar-refractivity contribution in [2.45, 2.75) is 6.92 Å². The van der Waals surface area contributed by atoms with Gasteiger partial charge in [0, 0.05) is 6.92 Å². The van der Waals surface area contributed by atoms with E-state index in [0.717, 1.165) is 53.8 Å². The van der Waals surface area contributed by atoms with E-state index in [4.69, 9.17) is 14.6 Å². The first-order valence-corrected chi connectivity index (χ1v) is 6.45. The van der Waals surface area contributed by atoms with Gasteiger partial charge in [0.1, 0.15) is 0 Å². The fourth-order valence-corrected chi connectivity index (χ4v) is 1.31. The molecule has 90 valence electrons. The van der Waals surface area contributed by atoms with Crippen molar-refractivity contribution in [1.82, 2.24) is 4.90 Å². The topological polar surface area (TPSA) is 49.8 Å². The predicted octanol–water partition coefficient (Wildman–Crippen LogP) is 0.512. The van der Waals surface area contributed by atoms with Gasteiger partial charge in [0.05, 0.1) is 0 Å². The molecule has 0 radical (unpaired) electrons. The summed E-state index contributed by atoms with van der Waals surface area (Å²) in [7, 11) is 4.09. The maximum absolute atomic E-state index is 9.00. The van der Waals surface area contributed by atoms with E-state index >= 15 is 0 Å². The number of benzene rings is 1. The third-order valence-corrected chi connectivity index (χ3v) is 2.49. The van der Waals surface area contributed by atoms with E-state index in [1.54, 1.807) is 0 Å². The van der Waals surface area contributed by atoms with E-state index in [2.05, 4.69) is 17.0 Å². The first-order chi connectivity index (χ1) is 7.91. The molecule has 0 fully saturated rings. The van der Waals surface area contributed by atoms with Gasteiger partial charge in [-0.3, -0.25) is 4.79 Å². The van der Waals surface area contributed by atoms with E-state index < -0.39 is 5.97 Å². The van der Waals surface area contributed by atoms with Gasteiger partial charge in [0.15, 0.2) is 0 Å². The van der Waals surface area contributed by atoms with Gasteiger partial charge < -0.3 is 5.11 Å². The molecular weight excluding hydrogens is 229 g/mol. The average molecular weight is 247 g/mol. The van der Waals surface area contributed by atoms with Gasteiger partial charge >= 0.3 is 97.6 Å². The molecule has 0 aromatic heterocycles. The molecule has 17 heavy (non-hydrogen) atoms. The Hall–Kier alpha value is -0.550. The molecule has 0 bridgehead atoms. The molecule has 0 spiro atoms. The molecule has 0 aliphatic heterocycles. The number of aliphatic carboxylic acids is 1. The molecule has 1 rings (SSSR count). The molecule has 1 aromatic rings. The number of carboxylic acid groups (broad SMARTS) is 1. The van der Waals surface area contributed by atoms with Crippen molar-refractivity contribution in [2.75, 3.05) is 27.2 Å². The molecule has 0 aliphatic rings. The maximum atomic E-state index is 9.00. The third kappa shape index (κ3) is 11.7. The zero-order valence-corrected chi connectivity index (χ0v) is 12.9. The molecule has 0 saturated carbocycles. The van der Waals surface area contributed by atoms with Crippen LogP contribution in [0, 0.1) is 0 Å². The Bertz CT molecular complexity index is 321. The molecule has 1 N–H and O–H groups in total. The number of likely N-dealkylation sites (N-methyl/N-ethyl adjacent to an activating group) is 1.